The second kappa shape index (κ2) is 15.2. The lowest BCUT2D eigenvalue weighted by Crippen LogP contribution is -2.62. The molecule has 234 valence electrons. The number of aryl methyl sites for hydroxylation is 1. The number of nitrogens with zero attached hydrogens (tertiary/aromatic N) is 3. The Hall–Kier alpha value is -3.97. The molecule has 2 aliphatic rings. The third-order valence-corrected chi connectivity index (χ3v) is 8.38. The van der Waals surface area contributed by atoms with Gasteiger partial charge in [0.2, 0.25) is 0 Å². The van der Waals surface area contributed by atoms with Gasteiger partial charge in [0.25, 0.3) is 0 Å². The Balaban J connectivity index is 1.23. The SMILES string of the molecule is COc1ccc(CCN2CC3CN(C(CCCc4ccc(C#N)cc4)Oc4ccc(OC)c(OC)c4)CC(C2)O3)cc1OC. The van der Waals surface area contributed by atoms with E-state index in [0.717, 1.165) is 75.7 Å². The number of methoxy groups -OCH3 is 4. The summed E-state index contributed by atoms with van der Waals surface area (Å²) in [6.07, 6.45) is 3.78. The number of fused-ring (bicyclic) bond motifs is 2. The molecular formula is C35H43N3O6. The highest BCUT2D eigenvalue weighted by Gasteiger charge is 2.38. The first kappa shape index (κ1) is 31.5. The summed E-state index contributed by atoms with van der Waals surface area (Å²) in [5, 5.41) is 9.12. The standard InChI is InChI=1S/C35H43N3O6/c1-39-31-14-12-26(18-33(31)41-3)16-17-37-21-29-23-38(24-30(22-37)43-29)35(7-5-6-25-8-10-27(20-36)11-9-25)44-28-13-15-32(40-2)34(19-28)42-4/h8-15,18-19,29-30,35H,5-7,16-17,21-24H2,1-4H3. The van der Waals surface area contributed by atoms with Gasteiger partial charge in [0.1, 0.15) is 5.75 Å². The van der Waals surface area contributed by atoms with Gasteiger partial charge < -0.3 is 28.4 Å². The molecule has 3 atom stereocenters. The van der Waals surface area contributed by atoms with E-state index in [1.165, 1.54) is 11.1 Å². The van der Waals surface area contributed by atoms with Gasteiger partial charge in [-0.1, -0.05) is 18.2 Å². The highest BCUT2D eigenvalue weighted by molar-refractivity contribution is 5.45. The van der Waals surface area contributed by atoms with Crippen molar-refractivity contribution in [2.45, 2.75) is 44.1 Å². The Morgan fingerprint density at radius 2 is 1.36 bits per heavy atom. The molecule has 5 rings (SSSR count). The third-order valence-electron chi connectivity index (χ3n) is 8.38. The van der Waals surface area contributed by atoms with E-state index in [9.17, 15) is 0 Å². The van der Waals surface area contributed by atoms with Gasteiger partial charge in [-0.05, 0) is 73.2 Å². The Morgan fingerprint density at radius 3 is 2.00 bits per heavy atom. The summed E-state index contributed by atoms with van der Waals surface area (Å²) >= 11 is 0. The van der Waals surface area contributed by atoms with Gasteiger partial charge in [0, 0.05) is 38.8 Å². The van der Waals surface area contributed by atoms with Gasteiger partial charge in [-0.2, -0.15) is 5.26 Å². The quantitative estimate of drug-likeness (QED) is 0.255. The molecule has 0 saturated carbocycles. The average Bonchev–Trinajstić information content (AvgIpc) is 3.06. The smallest absolute Gasteiger partial charge is 0.164 e. The lowest BCUT2D eigenvalue weighted by molar-refractivity contribution is -0.164. The Labute approximate surface area is 260 Å². The fourth-order valence-electron chi connectivity index (χ4n) is 6.14. The molecule has 2 bridgehead atoms. The zero-order chi connectivity index (χ0) is 30.9. The van der Waals surface area contributed by atoms with E-state index in [1.54, 1.807) is 28.4 Å². The monoisotopic (exact) mass is 601 g/mol. The van der Waals surface area contributed by atoms with Crippen LogP contribution in [-0.4, -0.2) is 89.4 Å². The molecule has 3 aromatic carbocycles. The van der Waals surface area contributed by atoms with Crippen molar-refractivity contribution in [3.05, 3.63) is 77.4 Å². The van der Waals surface area contributed by atoms with Crippen molar-refractivity contribution in [3.63, 3.8) is 0 Å². The number of hydrogen-bond donors (Lipinski definition) is 0. The van der Waals surface area contributed by atoms with Crippen LogP contribution >= 0.6 is 0 Å². The zero-order valence-corrected chi connectivity index (χ0v) is 26.2. The first-order valence-corrected chi connectivity index (χ1v) is 15.2. The van der Waals surface area contributed by atoms with Gasteiger partial charge in [0.15, 0.2) is 29.2 Å². The summed E-state index contributed by atoms with van der Waals surface area (Å²) < 4.78 is 34.9. The van der Waals surface area contributed by atoms with E-state index < -0.39 is 0 Å². The predicted octanol–water partition coefficient (Wildman–Crippen LogP) is 4.95. The van der Waals surface area contributed by atoms with Crippen molar-refractivity contribution < 1.29 is 28.4 Å². The van der Waals surface area contributed by atoms with Crippen LogP contribution in [0.1, 0.15) is 29.5 Å². The number of benzene rings is 3. The van der Waals surface area contributed by atoms with Crippen molar-refractivity contribution in [3.8, 4) is 34.8 Å². The Morgan fingerprint density at radius 1 is 0.750 bits per heavy atom. The van der Waals surface area contributed by atoms with E-state index >= 15 is 0 Å². The second-order valence-corrected chi connectivity index (χ2v) is 11.3. The predicted molar refractivity (Wildman–Crippen MR) is 168 cm³/mol. The van der Waals surface area contributed by atoms with Crippen molar-refractivity contribution in [1.82, 2.24) is 9.80 Å². The third kappa shape index (κ3) is 7.94. The number of hydrogen-bond acceptors (Lipinski definition) is 9. The van der Waals surface area contributed by atoms with Crippen LogP contribution in [0.5, 0.6) is 28.7 Å². The fourth-order valence-corrected chi connectivity index (χ4v) is 6.14. The zero-order valence-electron chi connectivity index (χ0n) is 26.2. The molecule has 2 heterocycles. The molecule has 3 unspecified atom stereocenters. The minimum atomic E-state index is -0.112. The topological polar surface area (TPSA) is 85.7 Å². The van der Waals surface area contributed by atoms with Crippen LogP contribution in [0.25, 0.3) is 0 Å². The summed E-state index contributed by atoms with van der Waals surface area (Å²) in [6.45, 7) is 4.33. The second-order valence-electron chi connectivity index (χ2n) is 11.3. The summed E-state index contributed by atoms with van der Waals surface area (Å²) in [6, 6.07) is 21.9. The molecule has 2 saturated heterocycles. The molecule has 2 fully saturated rings. The number of ether oxygens (including phenoxy) is 6. The Bertz CT molecular complexity index is 1390. The summed E-state index contributed by atoms with van der Waals surface area (Å²) in [4.78, 5) is 4.96. The minimum Gasteiger partial charge on any atom is -0.493 e. The van der Waals surface area contributed by atoms with Gasteiger partial charge in [0.05, 0.1) is 52.3 Å². The Kier molecular flexibility index (Phi) is 10.8. The lowest BCUT2D eigenvalue weighted by Gasteiger charge is -2.47. The van der Waals surface area contributed by atoms with Crippen LogP contribution in [0.15, 0.2) is 60.7 Å². The lowest BCUT2D eigenvalue weighted by atomic mass is 10.0. The molecule has 0 amide bonds. The van der Waals surface area contributed by atoms with E-state index in [4.69, 9.17) is 33.7 Å². The van der Waals surface area contributed by atoms with Crippen LogP contribution in [0, 0.1) is 11.3 Å². The van der Waals surface area contributed by atoms with Gasteiger partial charge in [-0.15, -0.1) is 0 Å². The number of rotatable bonds is 14. The van der Waals surface area contributed by atoms with E-state index in [-0.39, 0.29) is 18.4 Å². The molecular weight excluding hydrogens is 558 g/mol. The highest BCUT2D eigenvalue weighted by atomic mass is 16.5. The first-order valence-electron chi connectivity index (χ1n) is 15.2. The van der Waals surface area contributed by atoms with E-state index in [2.05, 4.69) is 28.0 Å². The minimum absolute atomic E-state index is 0.112. The maximum atomic E-state index is 9.12. The van der Waals surface area contributed by atoms with Crippen LogP contribution < -0.4 is 23.7 Å². The van der Waals surface area contributed by atoms with Crippen LogP contribution in [0.2, 0.25) is 0 Å². The molecule has 44 heavy (non-hydrogen) atoms. The molecule has 3 aromatic rings. The molecule has 0 radical (unpaired) electrons. The molecule has 0 aliphatic carbocycles. The number of nitriles is 1. The maximum absolute atomic E-state index is 9.12. The van der Waals surface area contributed by atoms with Crippen LogP contribution in [0.4, 0.5) is 0 Å². The van der Waals surface area contributed by atoms with Crippen molar-refractivity contribution in [1.29, 1.82) is 5.26 Å². The van der Waals surface area contributed by atoms with Gasteiger partial charge >= 0.3 is 0 Å². The summed E-state index contributed by atoms with van der Waals surface area (Å²) in [7, 11) is 6.60. The largest absolute Gasteiger partial charge is 0.493 e. The van der Waals surface area contributed by atoms with E-state index in [0.29, 0.717) is 17.1 Å². The first-order chi connectivity index (χ1) is 21.5. The van der Waals surface area contributed by atoms with Crippen molar-refractivity contribution >= 4 is 0 Å². The molecule has 0 N–H and O–H groups in total. The summed E-state index contributed by atoms with van der Waals surface area (Å²) in [5.41, 5.74) is 3.13. The molecule has 9 nitrogen and oxygen atoms in total. The summed E-state index contributed by atoms with van der Waals surface area (Å²) in [5.74, 6) is 3.58. The maximum Gasteiger partial charge on any atom is 0.164 e. The van der Waals surface area contributed by atoms with Crippen LogP contribution in [-0.2, 0) is 17.6 Å². The molecule has 9 heteroatoms. The van der Waals surface area contributed by atoms with Crippen molar-refractivity contribution in [2.75, 3.05) is 61.2 Å². The highest BCUT2D eigenvalue weighted by Crippen LogP contribution is 2.33. The normalized spacial score (nSPS) is 19.1. The van der Waals surface area contributed by atoms with Gasteiger partial charge in [-0.25, -0.2) is 0 Å². The average molecular weight is 602 g/mol. The molecule has 0 aromatic heterocycles. The van der Waals surface area contributed by atoms with Crippen molar-refractivity contribution in [2.24, 2.45) is 0 Å². The van der Waals surface area contributed by atoms with E-state index in [1.807, 2.05) is 48.5 Å². The van der Waals surface area contributed by atoms with Crippen LogP contribution in [0.3, 0.4) is 0 Å². The molecule has 2 aliphatic heterocycles. The van der Waals surface area contributed by atoms with Gasteiger partial charge in [-0.3, -0.25) is 9.80 Å². The molecule has 0 spiro atoms. The fraction of sp³-hybridized carbons (Fsp3) is 0.457. The number of morpholine rings is 2.